The Morgan fingerprint density at radius 2 is 2.08 bits per heavy atom. The highest BCUT2D eigenvalue weighted by Gasteiger charge is 2.21. The molecule has 1 unspecified atom stereocenters. The van der Waals surface area contributed by atoms with Gasteiger partial charge in [0.15, 0.2) is 11.2 Å². The number of amides is 1. The highest BCUT2D eigenvalue weighted by Crippen LogP contribution is 2.25. The number of aromatic nitrogens is 1. The lowest BCUT2D eigenvalue weighted by Gasteiger charge is -2.15. The van der Waals surface area contributed by atoms with Crippen LogP contribution >= 0.6 is 22.9 Å². The maximum absolute atomic E-state index is 12.3. The van der Waals surface area contributed by atoms with Gasteiger partial charge in [-0.1, -0.05) is 22.9 Å². The summed E-state index contributed by atoms with van der Waals surface area (Å²) in [6.07, 6.45) is -0.741. The van der Waals surface area contributed by atoms with Gasteiger partial charge in [0.1, 0.15) is 10.6 Å². The fourth-order valence-electron chi connectivity index (χ4n) is 2.03. The predicted molar refractivity (Wildman–Crippen MR) is 97.7 cm³/mol. The summed E-state index contributed by atoms with van der Waals surface area (Å²) in [5.41, 5.74) is 1.35. The van der Waals surface area contributed by atoms with E-state index in [4.69, 9.17) is 21.1 Å². The van der Waals surface area contributed by atoms with Gasteiger partial charge in [-0.3, -0.25) is 10.1 Å². The Bertz CT molecular complexity index is 791. The molecule has 0 aliphatic carbocycles. The first kappa shape index (κ1) is 19.2. The third kappa shape index (κ3) is 4.93. The van der Waals surface area contributed by atoms with Gasteiger partial charge < -0.3 is 9.47 Å². The Labute approximate surface area is 155 Å². The van der Waals surface area contributed by atoms with Crippen molar-refractivity contribution in [2.75, 3.05) is 11.9 Å². The molecule has 1 N–H and O–H groups in total. The summed E-state index contributed by atoms with van der Waals surface area (Å²) in [7, 11) is 0. The average molecular weight is 383 g/mol. The van der Waals surface area contributed by atoms with Gasteiger partial charge in [-0.25, -0.2) is 9.78 Å². The van der Waals surface area contributed by atoms with Crippen LogP contribution in [0.4, 0.5) is 5.13 Å². The van der Waals surface area contributed by atoms with Crippen molar-refractivity contribution in [1.82, 2.24) is 4.98 Å². The van der Waals surface area contributed by atoms with Crippen LogP contribution in [-0.4, -0.2) is 29.6 Å². The number of halogens is 1. The minimum absolute atomic E-state index is 0.281. The van der Waals surface area contributed by atoms with Crippen LogP contribution in [0, 0.1) is 13.8 Å². The fourth-order valence-corrected chi connectivity index (χ4v) is 3.12. The zero-order chi connectivity index (χ0) is 18.6. The van der Waals surface area contributed by atoms with E-state index in [0.717, 1.165) is 16.9 Å². The maximum atomic E-state index is 12.3. The Morgan fingerprint density at radius 1 is 1.36 bits per heavy atom. The molecule has 0 aliphatic heterocycles. The Kier molecular flexibility index (Phi) is 6.39. The van der Waals surface area contributed by atoms with E-state index in [-0.39, 0.29) is 12.5 Å². The van der Waals surface area contributed by atoms with Gasteiger partial charge in [0.05, 0.1) is 12.3 Å². The number of anilines is 1. The zero-order valence-corrected chi connectivity index (χ0v) is 16.0. The van der Waals surface area contributed by atoms with E-state index in [1.807, 2.05) is 6.92 Å². The molecule has 134 valence electrons. The molecule has 2 aromatic rings. The molecule has 25 heavy (non-hydrogen) atoms. The highest BCUT2D eigenvalue weighted by molar-refractivity contribution is 7.17. The van der Waals surface area contributed by atoms with Crippen LogP contribution in [0.2, 0.25) is 5.02 Å². The second-order valence-electron chi connectivity index (χ2n) is 5.31. The third-order valence-electron chi connectivity index (χ3n) is 3.30. The molecular weight excluding hydrogens is 364 g/mol. The molecule has 0 saturated heterocycles. The number of hydrogen-bond acceptors (Lipinski definition) is 6. The molecule has 0 aliphatic rings. The van der Waals surface area contributed by atoms with E-state index in [0.29, 0.717) is 26.5 Å². The fraction of sp³-hybridized carbons (Fsp3) is 0.353. The van der Waals surface area contributed by atoms with E-state index in [1.54, 1.807) is 39.0 Å². The van der Waals surface area contributed by atoms with Gasteiger partial charge in [-0.05, 0) is 51.5 Å². The van der Waals surface area contributed by atoms with Crippen molar-refractivity contribution in [2.45, 2.75) is 33.8 Å². The Hall–Kier alpha value is -2.12. The van der Waals surface area contributed by atoms with Gasteiger partial charge in [-0.15, -0.1) is 0 Å². The number of thiazole rings is 1. The number of carbonyl (C=O) groups is 2. The monoisotopic (exact) mass is 382 g/mol. The molecule has 0 spiro atoms. The minimum Gasteiger partial charge on any atom is -0.481 e. The summed E-state index contributed by atoms with van der Waals surface area (Å²) in [5, 5.41) is 3.59. The number of benzene rings is 1. The molecule has 0 radical (unpaired) electrons. The lowest BCUT2D eigenvalue weighted by molar-refractivity contribution is -0.122. The molecule has 1 aromatic heterocycles. The number of hydrogen-bond donors (Lipinski definition) is 1. The number of aryl methyl sites for hydroxylation is 2. The summed E-state index contributed by atoms with van der Waals surface area (Å²) < 4.78 is 10.6. The van der Waals surface area contributed by atoms with E-state index in [9.17, 15) is 9.59 Å². The minimum atomic E-state index is -0.741. The van der Waals surface area contributed by atoms with Crippen LogP contribution in [0.25, 0.3) is 0 Å². The van der Waals surface area contributed by atoms with Crippen LogP contribution < -0.4 is 10.1 Å². The summed E-state index contributed by atoms with van der Waals surface area (Å²) in [6, 6.07) is 5.18. The lowest BCUT2D eigenvalue weighted by Crippen LogP contribution is -2.30. The molecule has 6 nitrogen and oxygen atoms in total. The van der Waals surface area contributed by atoms with Crippen molar-refractivity contribution in [1.29, 1.82) is 0 Å². The first-order chi connectivity index (χ1) is 11.8. The van der Waals surface area contributed by atoms with E-state index in [1.165, 1.54) is 0 Å². The van der Waals surface area contributed by atoms with E-state index >= 15 is 0 Å². The second kappa shape index (κ2) is 8.31. The average Bonchev–Trinajstić information content (AvgIpc) is 2.90. The molecule has 1 aromatic carbocycles. The van der Waals surface area contributed by atoms with Crippen molar-refractivity contribution in [3.05, 3.63) is 39.4 Å². The molecule has 1 heterocycles. The van der Waals surface area contributed by atoms with Crippen LogP contribution in [0.5, 0.6) is 5.75 Å². The molecule has 0 bridgehead atoms. The Morgan fingerprint density at radius 3 is 2.72 bits per heavy atom. The van der Waals surface area contributed by atoms with Crippen molar-refractivity contribution in [3.8, 4) is 5.75 Å². The van der Waals surface area contributed by atoms with Gasteiger partial charge in [0.25, 0.3) is 5.91 Å². The van der Waals surface area contributed by atoms with Gasteiger partial charge in [0.2, 0.25) is 0 Å². The van der Waals surface area contributed by atoms with Gasteiger partial charge >= 0.3 is 5.97 Å². The summed E-state index contributed by atoms with van der Waals surface area (Å²) in [6.45, 7) is 7.19. The number of ether oxygens (including phenoxy) is 2. The van der Waals surface area contributed by atoms with Crippen molar-refractivity contribution >= 4 is 39.9 Å². The van der Waals surface area contributed by atoms with Crippen LogP contribution in [0.15, 0.2) is 18.2 Å². The summed E-state index contributed by atoms with van der Waals surface area (Å²) in [5.74, 6) is -0.229. The molecule has 0 fully saturated rings. The quantitative estimate of drug-likeness (QED) is 0.764. The van der Waals surface area contributed by atoms with Crippen LogP contribution in [-0.2, 0) is 9.53 Å². The Balaban J connectivity index is 2.03. The predicted octanol–water partition coefficient (Wildman–Crippen LogP) is 4.00. The first-order valence-corrected chi connectivity index (χ1v) is 8.89. The zero-order valence-electron chi connectivity index (χ0n) is 14.4. The van der Waals surface area contributed by atoms with Gasteiger partial charge in [0, 0.05) is 5.02 Å². The number of nitrogens with one attached hydrogen (secondary N) is 1. The molecule has 2 rings (SSSR count). The van der Waals surface area contributed by atoms with Crippen molar-refractivity contribution in [3.63, 3.8) is 0 Å². The number of rotatable bonds is 6. The van der Waals surface area contributed by atoms with Crippen LogP contribution in [0.3, 0.4) is 0 Å². The van der Waals surface area contributed by atoms with Crippen molar-refractivity contribution < 1.29 is 19.1 Å². The number of nitrogens with zero attached hydrogens (tertiary/aromatic N) is 1. The highest BCUT2D eigenvalue weighted by atomic mass is 35.5. The third-order valence-corrected chi connectivity index (χ3v) is 4.59. The van der Waals surface area contributed by atoms with Gasteiger partial charge in [-0.2, -0.15) is 0 Å². The maximum Gasteiger partial charge on any atom is 0.350 e. The number of esters is 1. The standard InChI is InChI=1S/C17H19ClN2O4S/c1-5-23-16(22)14-10(3)19-17(25-14)20-15(21)11(4)24-13-7-6-12(18)8-9(13)2/h6-8,11H,5H2,1-4H3,(H,19,20,21). The topological polar surface area (TPSA) is 77.5 Å². The van der Waals surface area contributed by atoms with Crippen LogP contribution in [0.1, 0.15) is 34.8 Å². The molecule has 1 atom stereocenters. The number of carbonyl (C=O) groups excluding carboxylic acids is 2. The molecule has 1 amide bonds. The van der Waals surface area contributed by atoms with E-state index in [2.05, 4.69) is 10.3 Å². The summed E-state index contributed by atoms with van der Waals surface area (Å²) >= 11 is 6.98. The molecule has 0 saturated carbocycles. The molecular formula is C17H19ClN2O4S. The second-order valence-corrected chi connectivity index (χ2v) is 6.75. The smallest absolute Gasteiger partial charge is 0.350 e. The SMILES string of the molecule is CCOC(=O)c1sc(NC(=O)C(C)Oc2ccc(Cl)cc2C)nc1C. The van der Waals surface area contributed by atoms with E-state index < -0.39 is 12.1 Å². The summed E-state index contributed by atoms with van der Waals surface area (Å²) in [4.78, 5) is 28.7. The molecule has 8 heteroatoms. The van der Waals surface area contributed by atoms with Crippen molar-refractivity contribution in [2.24, 2.45) is 0 Å². The largest absolute Gasteiger partial charge is 0.481 e. The first-order valence-electron chi connectivity index (χ1n) is 7.70. The normalized spacial score (nSPS) is 11.7. The lowest BCUT2D eigenvalue weighted by atomic mass is 10.2.